The molecular weight excluding hydrogens is 428 g/mol. The van der Waals surface area contributed by atoms with E-state index in [2.05, 4.69) is 51.3 Å². The summed E-state index contributed by atoms with van der Waals surface area (Å²) >= 11 is 3.07. The normalized spacial score (nSPS) is 17.0. The van der Waals surface area contributed by atoms with Crippen LogP contribution in [0.4, 0.5) is 0 Å². The third kappa shape index (κ3) is 5.56. The van der Waals surface area contributed by atoms with Gasteiger partial charge >= 0.3 is 0 Å². The number of ether oxygens (including phenoxy) is 1. The van der Waals surface area contributed by atoms with Crippen molar-refractivity contribution in [3.8, 4) is 10.7 Å². The van der Waals surface area contributed by atoms with Crippen molar-refractivity contribution in [1.29, 1.82) is 0 Å². The van der Waals surface area contributed by atoms with Crippen LogP contribution in [0.25, 0.3) is 10.7 Å². The lowest BCUT2D eigenvalue weighted by molar-refractivity contribution is -0.119. The summed E-state index contributed by atoms with van der Waals surface area (Å²) in [6, 6.07) is 12.4. The third-order valence-corrected chi connectivity index (χ3v) is 7.30. The van der Waals surface area contributed by atoms with Gasteiger partial charge in [-0.3, -0.25) is 9.36 Å². The monoisotopic (exact) mass is 456 g/mol. The van der Waals surface area contributed by atoms with Crippen molar-refractivity contribution in [2.75, 3.05) is 12.4 Å². The van der Waals surface area contributed by atoms with E-state index in [4.69, 9.17) is 4.74 Å². The van der Waals surface area contributed by atoms with E-state index in [9.17, 15) is 4.79 Å². The molecule has 164 valence electrons. The van der Waals surface area contributed by atoms with E-state index in [1.54, 1.807) is 11.3 Å². The molecule has 3 heterocycles. The standard InChI is InChI=1S/C23H28N4O2S2/c1-3-17-8-10-18(11-9-17)16(2)24-21(28)15-31-23-26-25-22(20-7-5-13-30-20)27(23)14-19-6-4-12-29-19/h5,7-11,13,16,19H,3-4,6,12,14-15H2,1-2H3,(H,24,28). The van der Waals surface area contributed by atoms with E-state index >= 15 is 0 Å². The van der Waals surface area contributed by atoms with Crippen LogP contribution in [0.2, 0.25) is 0 Å². The van der Waals surface area contributed by atoms with E-state index in [1.807, 2.05) is 24.4 Å². The second kappa shape index (κ2) is 10.4. The maximum atomic E-state index is 12.6. The molecule has 0 bridgehead atoms. The highest BCUT2D eigenvalue weighted by Crippen LogP contribution is 2.29. The highest BCUT2D eigenvalue weighted by atomic mass is 32.2. The molecule has 0 saturated carbocycles. The molecule has 0 radical (unpaired) electrons. The highest BCUT2D eigenvalue weighted by molar-refractivity contribution is 7.99. The van der Waals surface area contributed by atoms with Gasteiger partial charge in [-0.25, -0.2) is 0 Å². The number of amides is 1. The third-order valence-electron chi connectivity index (χ3n) is 5.47. The van der Waals surface area contributed by atoms with E-state index in [0.29, 0.717) is 12.3 Å². The summed E-state index contributed by atoms with van der Waals surface area (Å²) in [6.07, 6.45) is 3.32. The number of nitrogens with zero attached hydrogens (tertiary/aromatic N) is 3. The Morgan fingerprint density at radius 2 is 2.16 bits per heavy atom. The van der Waals surface area contributed by atoms with E-state index in [1.165, 1.54) is 17.3 Å². The van der Waals surface area contributed by atoms with Crippen LogP contribution in [0.3, 0.4) is 0 Å². The van der Waals surface area contributed by atoms with Crippen LogP contribution in [0.5, 0.6) is 0 Å². The molecule has 1 fully saturated rings. The van der Waals surface area contributed by atoms with Gasteiger partial charge in [0.2, 0.25) is 5.91 Å². The number of thioether (sulfide) groups is 1. The predicted octanol–water partition coefficient (Wildman–Crippen LogP) is 4.72. The molecule has 1 saturated heterocycles. The Hall–Kier alpha value is -2.16. The molecule has 2 atom stereocenters. The second-order valence-electron chi connectivity index (χ2n) is 7.70. The summed E-state index contributed by atoms with van der Waals surface area (Å²) in [6.45, 7) is 5.67. The van der Waals surface area contributed by atoms with Crippen LogP contribution in [-0.2, 0) is 22.5 Å². The highest BCUT2D eigenvalue weighted by Gasteiger charge is 2.22. The minimum Gasteiger partial charge on any atom is -0.376 e. The number of aromatic nitrogens is 3. The molecule has 1 amide bonds. The van der Waals surface area contributed by atoms with Gasteiger partial charge in [-0.2, -0.15) is 0 Å². The average molecular weight is 457 g/mol. The van der Waals surface area contributed by atoms with Crippen LogP contribution >= 0.6 is 23.1 Å². The molecule has 1 aliphatic heterocycles. The van der Waals surface area contributed by atoms with Gasteiger partial charge in [-0.1, -0.05) is 49.0 Å². The van der Waals surface area contributed by atoms with Gasteiger partial charge in [0.1, 0.15) is 0 Å². The zero-order valence-corrected chi connectivity index (χ0v) is 19.5. The molecule has 31 heavy (non-hydrogen) atoms. The Kier molecular flexibility index (Phi) is 7.42. The number of hydrogen-bond acceptors (Lipinski definition) is 6. The van der Waals surface area contributed by atoms with Crippen molar-refractivity contribution in [3.05, 3.63) is 52.9 Å². The Morgan fingerprint density at radius 3 is 2.84 bits per heavy atom. The van der Waals surface area contributed by atoms with Crippen LogP contribution in [-0.4, -0.2) is 39.1 Å². The minimum atomic E-state index is -0.0366. The molecule has 0 aliphatic carbocycles. The van der Waals surface area contributed by atoms with Crippen molar-refractivity contribution in [2.45, 2.75) is 57.0 Å². The molecule has 2 unspecified atom stereocenters. The number of rotatable bonds is 9. The number of thiophene rings is 1. The van der Waals surface area contributed by atoms with Gasteiger partial charge in [0.25, 0.3) is 0 Å². The molecule has 8 heteroatoms. The quantitative estimate of drug-likeness (QED) is 0.472. The molecule has 1 N–H and O–H groups in total. The molecule has 1 aliphatic rings. The summed E-state index contributed by atoms with van der Waals surface area (Å²) in [7, 11) is 0. The summed E-state index contributed by atoms with van der Waals surface area (Å²) < 4.78 is 7.94. The first kappa shape index (κ1) is 22.0. The fraction of sp³-hybridized carbons (Fsp3) is 0.435. The topological polar surface area (TPSA) is 69.0 Å². The lowest BCUT2D eigenvalue weighted by Crippen LogP contribution is -2.28. The van der Waals surface area contributed by atoms with Crippen molar-refractivity contribution in [1.82, 2.24) is 20.1 Å². The van der Waals surface area contributed by atoms with E-state index in [0.717, 1.165) is 47.3 Å². The summed E-state index contributed by atoms with van der Waals surface area (Å²) in [5, 5.41) is 14.7. The number of carbonyl (C=O) groups excluding carboxylic acids is 1. The fourth-order valence-corrected chi connectivity index (χ4v) is 5.15. The first-order valence-electron chi connectivity index (χ1n) is 10.7. The number of nitrogens with one attached hydrogen (secondary N) is 1. The largest absolute Gasteiger partial charge is 0.376 e. The lowest BCUT2D eigenvalue weighted by atomic mass is 10.1. The predicted molar refractivity (Wildman–Crippen MR) is 125 cm³/mol. The zero-order chi connectivity index (χ0) is 21.6. The summed E-state index contributed by atoms with van der Waals surface area (Å²) in [5.74, 6) is 1.13. The van der Waals surface area contributed by atoms with E-state index in [-0.39, 0.29) is 18.1 Å². The van der Waals surface area contributed by atoms with Gasteiger partial charge in [-0.05, 0) is 48.8 Å². The molecule has 2 aromatic heterocycles. The number of aryl methyl sites for hydroxylation is 1. The first-order chi connectivity index (χ1) is 15.1. The van der Waals surface area contributed by atoms with Gasteiger partial charge in [0, 0.05) is 6.61 Å². The lowest BCUT2D eigenvalue weighted by Gasteiger charge is -2.16. The van der Waals surface area contributed by atoms with Crippen LogP contribution in [0, 0.1) is 0 Å². The Balaban J connectivity index is 1.40. The second-order valence-corrected chi connectivity index (χ2v) is 9.59. The minimum absolute atomic E-state index is 0.0126. The maximum Gasteiger partial charge on any atom is 0.230 e. The first-order valence-corrected chi connectivity index (χ1v) is 12.6. The van der Waals surface area contributed by atoms with Crippen molar-refractivity contribution < 1.29 is 9.53 Å². The van der Waals surface area contributed by atoms with Gasteiger partial charge < -0.3 is 10.1 Å². The maximum absolute atomic E-state index is 12.6. The number of carbonyl (C=O) groups is 1. The smallest absolute Gasteiger partial charge is 0.230 e. The fourth-order valence-electron chi connectivity index (χ4n) is 3.68. The molecule has 0 spiro atoms. The Morgan fingerprint density at radius 1 is 1.32 bits per heavy atom. The summed E-state index contributed by atoms with van der Waals surface area (Å²) in [4.78, 5) is 13.7. The van der Waals surface area contributed by atoms with Crippen molar-refractivity contribution in [3.63, 3.8) is 0 Å². The van der Waals surface area contributed by atoms with Gasteiger partial charge in [0.15, 0.2) is 11.0 Å². The van der Waals surface area contributed by atoms with Crippen molar-refractivity contribution in [2.24, 2.45) is 0 Å². The van der Waals surface area contributed by atoms with E-state index < -0.39 is 0 Å². The Labute approximate surface area is 191 Å². The van der Waals surface area contributed by atoms with Crippen LogP contribution < -0.4 is 5.32 Å². The molecule has 6 nitrogen and oxygen atoms in total. The Bertz CT molecular complexity index is 980. The zero-order valence-electron chi connectivity index (χ0n) is 17.9. The van der Waals surface area contributed by atoms with Crippen LogP contribution in [0.1, 0.15) is 43.9 Å². The van der Waals surface area contributed by atoms with Gasteiger partial charge in [0.05, 0.1) is 29.3 Å². The summed E-state index contributed by atoms with van der Waals surface area (Å²) in [5.41, 5.74) is 2.40. The van der Waals surface area contributed by atoms with Crippen molar-refractivity contribution >= 4 is 29.0 Å². The number of hydrogen-bond donors (Lipinski definition) is 1. The average Bonchev–Trinajstić information content (AvgIpc) is 3.55. The molecule has 4 rings (SSSR count). The molecule has 3 aromatic rings. The molecule has 1 aromatic carbocycles. The SMILES string of the molecule is CCc1ccc(C(C)NC(=O)CSc2nnc(-c3cccs3)n2CC2CCCO2)cc1. The van der Waals surface area contributed by atoms with Crippen LogP contribution in [0.15, 0.2) is 46.9 Å². The van der Waals surface area contributed by atoms with Gasteiger partial charge in [-0.15, -0.1) is 21.5 Å². The molecular formula is C23H28N4O2S2. The number of benzene rings is 1.